The van der Waals surface area contributed by atoms with E-state index >= 15 is 0 Å². The summed E-state index contributed by atoms with van der Waals surface area (Å²) >= 11 is 0. The molecule has 0 radical (unpaired) electrons. The summed E-state index contributed by atoms with van der Waals surface area (Å²) in [6.45, 7) is 7.08. The lowest BCUT2D eigenvalue weighted by atomic mass is 10.1. The SMILES string of the molecule is CC(C)COc1cccc(-c2ccc3[nH]c(CN4CCC[C@@H]4CO)cc3c2)n1. The molecular weight excluding hydrogens is 350 g/mol. The maximum absolute atomic E-state index is 9.54. The largest absolute Gasteiger partial charge is 0.477 e. The molecule has 5 heteroatoms. The Bertz CT molecular complexity index is 934. The maximum atomic E-state index is 9.54. The van der Waals surface area contributed by atoms with Gasteiger partial charge in [0.25, 0.3) is 0 Å². The van der Waals surface area contributed by atoms with Gasteiger partial charge in [-0.3, -0.25) is 4.90 Å². The Morgan fingerprint density at radius 1 is 1.25 bits per heavy atom. The lowest BCUT2D eigenvalue weighted by Crippen LogP contribution is -2.31. The second-order valence-electron chi connectivity index (χ2n) is 8.11. The number of aliphatic hydroxyl groups is 1. The van der Waals surface area contributed by atoms with Crippen molar-refractivity contribution in [2.24, 2.45) is 5.92 Å². The fraction of sp³-hybridized carbons (Fsp3) is 0.435. The zero-order valence-corrected chi connectivity index (χ0v) is 16.7. The van der Waals surface area contributed by atoms with E-state index in [0.717, 1.165) is 42.7 Å². The molecule has 5 nitrogen and oxygen atoms in total. The van der Waals surface area contributed by atoms with Crippen molar-refractivity contribution in [1.29, 1.82) is 0 Å². The molecule has 2 N–H and O–H groups in total. The summed E-state index contributed by atoms with van der Waals surface area (Å²) < 4.78 is 5.77. The third-order valence-electron chi connectivity index (χ3n) is 5.34. The first-order chi connectivity index (χ1) is 13.6. The summed E-state index contributed by atoms with van der Waals surface area (Å²) in [4.78, 5) is 10.5. The van der Waals surface area contributed by atoms with Gasteiger partial charge in [-0.05, 0) is 49.6 Å². The molecule has 0 amide bonds. The lowest BCUT2D eigenvalue weighted by Gasteiger charge is -2.21. The minimum atomic E-state index is 0.241. The van der Waals surface area contributed by atoms with Gasteiger partial charge >= 0.3 is 0 Å². The third-order valence-corrected chi connectivity index (χ3v) is 5.34. The molecule has 3 heterocycles. The van der Waals surface area contributed by atoms with Crippen LogP contribution < -0.4 is 4.74 Å². The van der Waals surface area contributed by atoms with Crippen LogP contribution >= 0.6 is 0 Å². The standard InChI is InChI=1S/C23H29N3O2/c1-16(2)15-28-23-7-3-6-21(25-23)17-8-9-22-18(11-17)12-19(24-22)13-26-10-4-5-20(26)14-27/h3,6-9,11-12,16,20,24,27H,4-5,10,13-15H2,1-2H3/t20-/m1/s1. The third kappa shape index (κ3) is 4.21. The molecule has 0 spiro atoms. The van der Waals surface area contributed by atoms with E-state index in [9.17, 15) is 5.11 Å². The number of nitrogens with one attached hydrogen (secondary N) is 1. The molecule has 4 rings (SSSR count). The Morgan fingerprint density at radius 3 is 2.96 bits per heavy atom. The van der Waals surface area contributed by atoms with Crippen molar-refractivity contribution in [1.82, 2.24) is 14.9 Å². The summed E-state index contributed by atoms with van der Waals surface area (Å²) in [5.41, 5.74) is 4.33. The van der Waals surface area contributed by atoms with Crippen LogP contribution in [0.2, 0.25) is 0 Å². The van der Waals surface area contributed by atoms with E-state index < -0.39 is 0 Å². The molecule has 1 fully saturated rings. The molecule has 1 aliphatic rings. The van der Waals surface area contributed by atoms with Crippen LogP contribution in [-0.2, 0) is 6.54 Å². The topological polar surface area (TPSA) is 61.4 Å². The number of ether oxygens (including phenoxy) is 1. The highest BCUT2D eigenvalue weighted by molar-refractivity contribution is 5.85. The quantitative estimate of drug-likeness (QED) is 0.645. The number of H-pyrrole nitrogens is 1. The van der Waals surface area contributed by atoms with Crippen LogP contribution in [0.15, 0.2) is 42.5 Å². The van der Waals surface area contributed by atoms with Crippen molar-refractivity contribution in [2.75, 3.05) is 19.8 Å². The van der Waals surface area contributed by atoms with Crippen LogP contribution in [0.4, 0.5) is 0 Å². The zero-order valence-electron chi connectivity index (χ0n) is 16.7. The first-order valence-electron chi connectivity index (χ1n) is 10.2. The van der Waals surface area contributed by atoms with Crippen LogP contribution in [0.1, 0.15) is 32.4 Å². The van der Waals surface area contributed by atoms with Crippen molar-refractivity contribution in [3.8, 4) is 17.1 Å². The van der Waals surface area contributed by atoms with E-state index in [4.69, 9.17) is 4.74 Å². The van der Waals surface area contributed by atoms with Crippen LogP contribution in [0.3, 0.4) is 0 Å². The van der Waals surface area contributed by atoms with Crippen LogP contribution in [0.25, 0.3) is 22.2 Å². The van der Waals surface area contributed by atoms with E-state index in [1.165, 1.54) is 11.1 Å². The van der Waals surface area contributed by atoms with Crippen molar-refractivity contribution in [2.45, 2.75) is 39.3 Å². The summed E-state index contributed by atoms with van der Waals surface area (Å²) in [5.74, 6) is 1.14. The van der Waals surface area contributed by atoms with E-state index in [2.05, 4.69) is 53.0 Å². The first-order valence-corrected chi connectivity index (χ1v) is 10.2. The summed E-state index contributed by atoms with van der Waals surface area (Å²) in [7, 11) is 0. The molecular formula is C23H29N3O2. The van der Waals surface area contributed by atoms with E-state index in [0.29, 0.717) is 24.4 Å². The zero-order chi connectivity index (χ0) is 19.5. The number of pyridine rings is 1. The van der Waals surface area contributed by atoms with Gasteiger partial charge in [0.05, 0.1) is 18.9 Å². The van der Waals surface area contributed by atoms with Gasteiger partial charge < -0.3 is 14.8 Å². The highest BCUT2D eigenvalue weighted by atomic mass is 16.5. The van der Waals surface area contributed by atoms with Crippen molar-refractivity contribution in [3.05, 3.63) is 48.2 Å². The maximum Gasteiger partial charge on any atom is 0.213 e. The molecule has 1 atom stereocenters. The summed E-state index contributed by atoms with van der Waals surface area (Å²) in [6.07, 6.45) is 2.25. The average molecular weight is 380 g/mol. The van der Waals surface area contributed by atoms with Crippen molar-refractivity contribution < 1.29 is 9.84 Å². The Labute approximate surface area is 166 Å². The second-order valence-corrected chi connectivity index (χ2v) is 8.11. The Morgan fingerprint density at radius 2 is 2.14 bits per heavy atom. The molecule has 2 aromatic heterocycles. The van der Waals surface area contributed by atoms with Crippen molar-refractivity contribution in [3.63, 3.8) is 0 Å². The monoisotopic (exact) mass is 379 g/mol. The fourth-order valence-electron chi connectivity index (χ4n) is 3.87. The Balaban J connectivity index is 1.54. The number of benzene rings is 1. The number of hydrogen-bond acceptors (Lipinski definition) is 4. The molecule has 1 aliphatic heterocycles. The molecule has 1 aromatic carbocycles. The molecule has 0 saturated carbocycles. The van der Waals surface area contributed by atoms with Gasteiger partial charge in [0.2, 0.25) is 5.88 Å². The van der Waals surface area contributed by atoms with Gasteiger partial charge in [-0.15, -0.1) is 0 Å². The normalized spacial score (nSPS) is 17.6. The van der Waals surface area contributed by atoms with Gasteiger partial charge in [-0.25, -0.2) is 4.98 Å². The molecule has 1 saturated heterocycles. The highest BCUT2D eigenvalue weighted by Crippen LogP contribution is 2.27. The van der Waals surface area contributed by atoms with Gasteiger partial charge in [0.1, 0.15) is 0 Å². The first kappa shape index (κ1) is 19.0. The molecule has 28 heavy (non-hydrogen) atoms. The smallest absolute Gasteiger partial charge is 0.213 e. The van der Waals surface area contributed by atoms with Gasteiger partial charge in [-0.1, -0.05) is 26.0 Å². The predicted molar refractivity (Wildman–Crippen MR) is 112 cm³/mol. The number of hydrogen-bond donors (Lipinski definition) is 2. The lowest BCUT2D eigenvalue weighted by molar-refractivity contribution is 0.152. The number of nitrogens with zero attached hydrogens (tertiary/aromatic N) is 2. The van der Waals surface area contributed by atoms with Crippen molar-refractivity contribution >= 4 is 10.9 Å². The van der Waals surface area contributed by atoms with Gasteiger partial charge in [0.15, 0.2) is 0 Å². The minimum absolute atomic E-state index is 0.241. The van der Waals surface area contributed by atoms with E-state index in [1.54, 1.807) is 0 Å². The predicted octanol–water partition coefficient (Wildman–Crippen LogP) is 4.22. The molecule has 148 valence electrons. The van der Waals surface area contributed by atoms with Gasteiger partial charge in [0, 0.05) is 40.8 Å². The van der Waals surface area contributed by atoms with Crippen LogP contribution in [0, 0.1) is 5.92 Å². The number of rotatable bonds is 7. The van der Waals surface area contributed by atoms with Gasteiger partial charge in [-0.2, -0.15) is 0 Å². The van der Waals surface area contributed by atoms with Crippen LogP contribution in [0.5, 0.6) is 5.88 Å². The van der Waals surface area contributed by atoms with Crippen LogP contribution in [-0.4, -0.2) is 45.8 Å². The Kier molecular flexibility index (Phi) is 5.64. The van der Waals surface area contributed by atoms with E-state index in [-0.39, 0.29) is 6.61 Å². The second kappa shape index (κ2) is 8.33. The van der Waals surface area contributed by atoms with E-state index in [1.807, 2.05) is 18.2 Å². The number of likely N-dealkylation sites (tertiary alicyclic amines) is 1. The highest BCUT2D eigenvalue weighted by Gasteiger charge is 2.24. The number of aliphatic hydroxyl groups excluding tert-OH is 1. The summed E-state index contributed by atoms with van der Waals surface area (Å²) in [5, 5.41) is 10.7. The number of fused-ring (bicyclic) bond motifs is 1. The average Bonchev–Trinajstić information content (AvgIpc) is 3.32. The number of aromatic amines is 1. The molecule has 0 bridgehead atoms. The Hall–Kier alpha value is -2.37. The molecule has 3 aromatic rings. The number of aromatic nitrogens is 2. The summed E-state index contributed by atoms with van der Waals surface area (Å²) in [6, 6.07) is 14.8. The minimum Gasteiger partial charge on any atom is -0.477 e. The molecule has 0 aliphatic carbocycles. The fourth-order valence-corrected chi connectivity index (χ4v) is 3.87. The molecule has 0 unspecified atom stereocenters.